The molecule has 5 nitrogen and oxygen atoms in total. The van der Waals surface area contributed by atoms with Crippen LogP contribution in [0.15, 0.2) is 34.7 Å². The summed E-state index contributed by atoms with van der Waals surface area (Å²) in [4.78, 5) is 0. The summed E-state index contributed by atoms with van der Waals surface area (Å²) in [7, 11) is 3.16. The lowest BCUT2D eigenvalue weighted by Gasteiger charge is -2.12. The highest BCUT2D eigenvalue weighted by molar-refractivity contribution is 5.98. The Morgan fingerprint density at radius 2 is 1.78 bits per heavy atom. The number of methoxy groups -OCH3 is 2. The Labute approximate surface area is 133 Å². The number of rotatable bonds is 4. The Bertz CT molecular complexity index is 846. The second-order valence-electron chi connectivity index (χ2n) is 5.22. The van der Waals surface area contributed by atoms with Crippen LogP contribution in [0.3, 0.4) is 0 Å². The number of hydrogen-bond donors (Lipinski definition) is 2. The molecule has 0 fully saturated rings. The first kappa shape index (κ1) is 15.2. The van der Waals surface area contributed by atoms with Crippen LogP contribution in [0.5, 0.6) is 17.2 Å². The average Bonchev–Trinajstić information content (AvgIpc) is 2.91. The summed E-state index contributed by atoms with van der Waals surface area (Å²) in [5.74, 6) is 1.88. The number of aromatic hydroxyl groups is 1. The zero-order valence-corrected chi connectivity index (χ0v) is 13.2. The van der Waals surface area contributed by atoms with Gasteiger partial charge in [0.15, 0.2) is 11.3 Å². The van der Waals surface area contributed by atoms with E-state index in [9.17, 15) is 10.2 Å². The molecule has 23 heavy (non-hydrogen) atoms. The van der Waals surface area contributed by atoms with Crippen LogP contribution in [0.2, 0.25) is 0 Å². The van der Waals surface area contributed by atoms with Crippen molar-refractivity contribution in [1.82, 2.24) is 0 Å². The van der Waals surface area contributed by atoms with Crippen molar-refractivity contribution in [2.45, 2.75) is 13.5 Å². The maximum Gasteiger partial charge on any atom is 0.180 e. The predicted molar refractivity (Wildman–Crippen MR) is 87.1 cm³/mol. The minimum atomic E-state index is -0.193. The molecule has 1 aromatic heterocycles. The second-order valence-corrected chi connectivity index (χ2v) is 5.22. The number of fused-ring (bicyclic) bond motifs is 1. The second kappa shape index (κ2) is 5.85. The molecule has 120 valence electrons. The topological polar surface area (TPSA) is 72.1 Å². The van der Waals surface area contributed by atoms with Gasteiger partial charge in [-0.2, -0.15) is 0 Å². The van der Waals surface area contributed by atoms with Crippen molar-refractivity contribution in [3.63, 3.8) is 0 Å². The smallest absolute Gasteiger partial charge is 0.180 e. The monoisotopic (exact) mass is 314 g/mol. The first-order valence-electron chi connectivity index (χ1n) is 7.18. The van der Waals surface area contributed by atoms with E-state index in [1.165, 1.54) is 0 Å². The lowest BCUT2D eigenvalue weighted by atomic mass is 10.0. The summed E-state index contributed by atoms with van der Waals surface area (Å²) < 4.78 is 16.9. The van der Waals surface area contributed by atoms with Crippen LogP contribution in [0.1, 0.15) is 11.3 Å². The van der Waals surface area contributed by atoms with Crippen molar-refractivity contribution in [2.24, 2.45) is 0 Å². The van der Waals surface area contributed by atoms with Crippen LogP contribution in [0.4, 0.5) is 0 Å². The molecular formula is C18H18O5. The van der Waals surface area contributed by atoms with E-state index < -0.39 is 0 Å². The molecular weight excluding hydrogens is 296 g/mol. The van der Waals surface area contributed by atoms with Gasteiger partial charge < -0.3 is 24.1 Å². The van der Waals surface area contributed by atoms with Crippen molar-refractivity contribution in [3.8, 4) is 28.4 Å². The molecule has 2 aromatic carbocycles. The van der Waals surface area contributed by atoms with Crippen molar-refractivity contribution >= 4 is 11.0 Å². The number of phenols is 1. The quantitative estimate of drug-likeness (QED) is 0.769. The van der Waals surface area contributed by atoms with E-state index in [-0.39, 0.29) is 12.4 Å². The summed E-state index contributed by atoms with van der Waals surface area (Å²) in [6, 6.07) is 8.68. The van der Waals surface area contributed by atoms with Gasteiger partial charge in [-0.05, 0) is 30.7 Å². The summed E-state index contributed by atoms with van der Waals surface area (Å²) in [6.45, 7) is 1.68. The first-order valence-corrected chi connectivity index (χ1v) is 7.18. The van der Waals surface area contributed by atoms with E-state index in [0.29, 0.717) is 22.8 Å². The van der Waals surface area contributed by atoms with Gasteiger partial charge in [0.2, 0.25) is 0 Å². The molecule has 0 unspecified atom stereocenters. The highest BCUT2D eigenvalue weighted by Gasteiger charge is 2.22. The van der Waals surface area contributed by atoms with Crippen molar-refractivity contribution in [1.29, 1.82) is 0 Å². The fourth-order valence-corrected chi connectivity index (χ4v) is 2.78. The standard InChI is InChI=1S/C18H18O5/c1-10-15(9-19)23-18-16(10)14(21-2)8-13(17(18)22-3)11-4-6-12(20)7-5-11/h4-8,19-20H,9H2,1-3H3. The van der Waals surface area contributed by atoms with E-state index in [0.717, 1.165) is 22.1 Å². The van der Waals surface area contributed by atoms with Gasteiger partial charge in [-0.3, -0.25) is 0 Å². The van der Waals surface area contributed by atoms with Crippen LogP contribution >= 0.6 is 0 Å². The SMILES string of the molecule is COc1c(-c2ccc(O)cc2)cc(OC)c2c(C)c(CO)oc12. The van der Waals surface area contributed by atoms with Gasteiger partial charge >= 0.3 is 0 Å². The maximum absolute atomic E-state index is 9.47. The Kier molecular flexibility index (Phi) is 3.88. The zero-order chi connectivity index (χ0) is 16.6. The van der Waals surface area contributed by atoms with Gasteiger partial charge in [-0.25, -0.2) is 0 Å². The average molecular weight is 314 g/mol. The number of hydrogen-bond acceptors (Lipinski definition) is 5. The third-order valence-electron chi connectivity index (χ3n) is 3.96. The number of benzene rings is 2. The lowest BCUT2D eigenvalue weighted by Crippen LogP contribution is -1.92. The van der Waals surface area contributed by atoms with Gasteiger partial charge in [-0.15, -0.1) is 0 Å². The minimum absolute atomic E-state index is 0.192. The number of aliphatic hydroxyl groups is 1. The molecule has 3 aromatic rings. The Balaban J connectivity index is 2.36. The van der Waals surface area contributed by atoms with Crippen LogP contribution in [-0.4, -0.2) is 24.4 Å². The van der Waals surface area contributed by atoms with Crippen molar-refractivity contribution in [2.75, 3.05) is 14.2 Å². The van der Waals surface area contributed by atoms with Crippen molar-refractivity contribution in [3.05, 3.63) is 41.7 Å². The molecule has 1 heterocycles. The Morgan fingerprint density at radius 1 is 1.09 bits per heavy atom. The first-order chi connectivity index (χ1) is 11.1. The number of aryl methyl sites for hydroxylation is 1. The van der Waals surface area contributed by atoms with Crippen LogP contribution in [-0.2, 0) is 6.61 Å². The van der Waals surface area contributed by atoms with E-state index >= 15 is 0 Å². The number of ether oxygens (including phenoxy) is 2. The van der Waals surface area contributed by atoms with Gasteiger partial charge in [0.1, 0.15) is 23.9 Å². The largest absolute Gasteiger partial charge is 0.508 e. The molecule has 0 aliphatic carbocycles. The van der Waals surface area contributed by atoms with Gasteiger partial charge in [0, 0.05) is 11.1 Å². The summed E-state index contributed by atoms with van der Waals surface area (Å²) in [5, 5.41) is 19.7. The molecule has 0 spiro atoms. The molecule has 0 amide bonds. The zero-order valence-electron chi connectivity index (χ0n) is 13.2. The number of aliphatic hydroxyl groups excluding tert-OH is 1. The molecule has 0 atom stereocenters. The Hall–Kier alpha value is -2.66. The highest BCUT2D eigenvalue weighted by Crippen LogP contribution is 2.45. The van der Waals surface area contributed by atoms with Crippen LogP contribution in [0.25, 0.3) is 22.1 Å². The molecule has 0 aliphatic heterocycles. The normalized spacial score (nSPS) is 11.0. The third kappa shape index (κ3) is 2.39. The van der Waals surface area contributed by atoms with E-state index in [4.69, 9.17) is 13.9 Å². The minimum Gasteiger partial charge on any atom is -0.508 e. The van der Waals surface area contributed by atoms with Gasteiger partial charge in [0.25, 0.3) is 0 Å². The fraction of sp³-hybridized carbons (Fsp3) is 0.222. The lowest BCUT2D eigenvalue weighted by molar-refractivity contribution is 0.249. The van der Waals surface area contributed by atoms with E-state index in [1.807, 2.05) is 13.0 Å². The molecule has 0 radical (unpaired) electrons. The molecule has 0 aliphatic rings. The molecule has 0 bridgehead atoms. The summed E-state index contributed by atoms with van der Waals surface area (Å²) in [5.41, 5.74) is 3.01. The molecule has 3 rings (SSSR count). The maximum atomic E-state index is 9.47. The van der Waals surface area contributed by atoms with Crippen LogP contribution in [0, 0.1) is 6.92 Å². The van der Waals surface area contributed by atoms with E-state index in [2.05, 4.69) is 0 Å². The fourth-order valence-electron chi connectivity index (χ4n) is 2.78. The third-order valence-corrected chi connectivity index (χ3v) is 3.96. The number of furan rings is 1. The van der Waals surface area contributed by atoms with Gasteiger partial charge in [-0.1, -0.05) is 12.1 Å². The van der Waals surface area contributed by atoms with Crippen LogP contribution < -0.4 is 9.47 Å². The van der Waals surface area contributed by atoms with Gasteiger partial charge in [0.05, 0.1) is 19.6 Å². The predicted octanol–water partition coefficient (Wildman–Crippen LogP) is 3.62. The number of phenolic OH excluding ortho intramolecular Hbond substituents is 1. The molecule has 0 saturated carbocycles. The molecule has 0 saturated heterocycles. The highest BCUT2D eigenvalue weighted by atomic mass is 16.5. The molecule has 5 heteroatoms. The summed E-state index contributed by atoms with van der Waals surface area (Å²) in [6.07, 6.45) is 0. The van der Waals surface area contributed by atoms with Crippen molar-refractivity contribution < 1.29 is 24.1 Å². The molecule has 2 N–H and O–H groups in total. The summed E-state index contributed by atoms with van der Waals surface area (Å²) >= 11 is 0. The Morgan fingerprint density at radius 3 is 2.35 bits per heavy atom. The van der Waals surface area contributed by atoms with E-state index in [1.54, 1.807) is 38.5 Å².